The SMILES string of the molecule is CCc1nn(C)c(CSc2ccc(Br)cc2N)c1Cl. The van der Waals surface area contributed by atoms with Crippen LogP contribution in [0.15, 0.2) is 27.6 Å². The second-order valence-corrected chi connectivity index (χ2v) is 6.47. The molecular formula is C13H15BrClN3S. The average Bonchev–Trinajstić information content (AvgIpc) is 2.64. The van der Waals surface area contributed by atoms with E-state index in [-0.39, 0.29) is 0 Å². The van der Waals surface area contributed by atoms with Gasteiger partial charge >= 0.3 is 0 Å². The fourth-order valence-electron chi connectivity index (χ4n) is 1.77. The molecule has 3 nitrogen and oxygen atoms in total. The van der Waals surface area contributed by atoms with E-state index in [1.807, 2.05) is 29.9 Å². The first-order valence-corrected chi connectivity index (χ1v) is 8.06. The van der Waals surface area contributed by atoms with Crippen LogP contribution in [0.1, 0.15) is 18.3 Å². The van der Waals surface area contributed by atoms with Gasteiger partial charge in [0.25, 0.3) is 0 Å². The molecular weight excluding hydrogens is 346 g/mol. The van der Waals surface area contributed by atoms with Crippen molar-refractivity contribution in [1.29, 1.82) is 0 Å². The summed E-state index contributed by atoms with van der Waals surface area (Å²) in [6.07, 6.45) is 0.845. The fraction of sp³-hybridized carbons (Fsp3) is 0.308. The van der Waals surface area contributed by atoms with E-state index in [2.05, 4.69) is 28.0 Å². The molecule has 0 fully saturated rings. The van der Waals surface area contributed by atoms with Gasteiger partial charge in [0.05, 0.1) is 16.4 Å². The molecule has 0 saturated heterocycles. The number of hydrogen-bond donors (Lipinski definition) is 1. The van der Waals surface area contributed by atoms with E-state index < -0.39 is 0 Å². The van der Waals surface area contributed by atoms with Gasteiger partial charge in [0.1, 0.15) is 0 Å². The van der Waals surface area contributed by atoms with Crippen LogP contribution in [0.25, 0.3) is 0 Å². The first-order chi connectivity index (χ1) is 9.02. The van der Waals surface area contributed by atoms with Crippen molar-refractivity contribution in [3.8, 4) is 0 Å². The Hall–Kier alpha value is -0.650. The summed E-state index contributed by atoms with van der Waals surface area (Å²) in [5, 5.41) is 5.18. The Morgan fingerprint density at radius 3 is 2.79 bits per heavy atom. The minimum atomic E-state index is 0.758. The molecule has 0 saturated carbocycles. The van der Waals surface area contributed by atoms with E-state index in [0.29, 0.717) is 0 Å². The molecule has 19 heavy (non-hydrogen) atoms. The summed E-state index contributed by atoms with van der Waals surface area (Å²) in [4.78, 5) is 1.05. The molecule has 2 rings (SSSR count). The number of anilines is 1. The van der Waals surface area contributed by atoms with E-state index in [4.69, 9.17) is 17.3 Å². The molecule has 6 heteroatoms. The Morgan fingerprint density at radius 1 is 1.47 bits per heavy atom. The van der Waals surface area contributed by atoms with Gasteiger partial charge < -0.3 is 5.73 Å². The normalized spacial score (nSPS) is 10.9. The van der Waals surface area contributed by atoms with Crippen LogP contribution < -0.4 is 5.73 Å². The number of thioether (sulfide) groups is 1. The maximum atomic E-state index is 6.33. The Labute approximate surface area is 130 Å². The monoisotopic (exact) mass is 359 g/mol. The number of halogens is 2. The minimum Gasteiger partial charge on any atom is -0.398 e. The number of hydrogen-bond acceptors (Lipinski definition) is 3. The second kappa shape index (κ2) is 6.20. The largest absolute Gasteiger partial charge is 0.398 e. The number of aryl methyl sites for hydroxylation is 2. The van der Waals surface area contributed by atoms with Gasteiger partial charge in [-0.05, 0) is 24.6 Å². The van der Waals surface area contributed by atoms with E-state index in [1.165, 1.54) is 0 Å². The van der Waals surface area contributed by atoms with Crippen LogP contribution in [0.4, 0.5) is 5.69 Å². The van der Waals surface area contributed by atoms with Crippen LogP contribution in [0.2, 0.25) is 5.02 Å². The molecule has 2 N–H and O–H groups in total. The summed E-state index contributed by atoms with van der Waals surface area (Å²) in [5.74, 6) is 0.758. The highest BCUT2D eigenvalue weighted by Crippen LogP contribution is 2.32. The molecule has 0 aliphatic rings. The zero-order chi connectivity index (χ0) is 14.0. The van der Waals surface area contributed by atoms with Crippen molar-refractivity contribution in [2.24, 2.45) is 7.05 Å². The number of nitrogen functional groups attached to an aromatic ring is 1. The molecule has 0 aliphatic heterocycles. The molecule has 102 valence electrons. The number of nitrogens with zero attached hydrogens (tertiary/aromatic N) is 2. The molecule has 0 aliphatic carbocycles. The highest BCUT2D eigenvalue weighted by molar-refractivity contribution is 9.10. The Balaban J connectivity index is 2.16. The quantitative estimate of drug-likeness (QED) is 0.654. The highest BCUT2D eigenvalue weighted by Gasteiger charge is 2.13. The zero-order valence-corrected chi connectivity index (χ0v) is 13.9. The summed E-state index contributed by atoms with van der Waals surface area (Å²) in [6.45, 7) is 2.05. The smallest absolute Gasteiger partial charge is 0.0858 e. The molecule has 1 aromatic carbocycles. The summed E-state index contributed by atoms with van der Waals surface area (Å²) < 4.78 is 2.84. The van der Waals surface area contributed by atoms with E-state index >= 15 is 0 Å². The standard InChI is InChI=1S/C13H15BrClN3S/c1-3-10-13(15)11(18(2)17-10)7-19-12-5-4-8(14)6-9(12)16/h4-6H,3,7,16H2,1-2H3. The Kier molecular flexibility index (Phi) is 4.81. The van der Waals surface area contributed by atoms with Crippen molar-refractivity contribution in [1.82, 2.24) is 9.78 Å². The molecule has 1 heterocycles. The van der Waals surface area contributed by atoms with Crippen molar-refractivity contribution < 1.29 is 0 Å². The van der Waals surface area contributed by atoms with Gasteiger partial charge in [-0.15, -0.1) is 11.8 Å². The van der Waals surface area contributed by atoms with Crippen LogP contribution in [-0.2, 0) is 19.2 Å². The summed E-state index contributed by atoms with van der Waals surface area (Å²) in [5.41, 5.74) is 8.74. The molecule has 0 bridgehead atoms. The summed E-state index contributed by atoms with van der Waals surface area (Å²) in [6, 6.07) is 5.90. The predicted octanol–water partition coefficient (Wildman–Crippen LogP) is 4.27. The Bertz CT molecular complexity index is 598. The number of benzene rings is 1. The topological polar surface area (TPSA) is 43.8 Å². The molecule has 0 spiro atoms. The minimum absolute atomic E-state index is 0.758. The highest BCUT2D eigenvalue weighted by atomic mass is 79.9. The van der Waals surface area contributed by atoms with Gasteiger partial charge in [-0.1, -0.05) is 34.5 Å². The van der Waals surface area contributed by atoms with Crippen LogP contribution in [0, 0.1) is 0 Å². The Morgan fingerprint density at radius 2 is 2.21 bits per heavy atom. The maximum absolute atomic E-state index is 6.33. The average molecular weight is 361 g/mol. The third kappa shape index (κ3) is 3.27. The van der Waals surface area contributed by atoms with Gasteiger partial charge in [-0.3, -0.25) is 4.68 Å². The van der Waals surface area contributed by atoms with Crippen molar-refractivity contribution in [3.63, 3.8) is 0 Å². The van der Waals surface area contributed by atoms with Crippen LogP contribution >= 0.6 is 39.3 Å². The van der Waals surface area contributed by atoms with E-state index in [9.17, 15) is 0 Å². The van der Waals surface area contributed by atoms with Crippen molar-refractivity contribution in [2.75, 3.05) is 5.73 Å². The van der Waals surface area contributed by atoms with Gasteiger partial charge in [-0.25, -0.2) is 0 Å². The van der Waals surface area contributed by atoms with Gasteiger partial charge in [0, 0.05) is 27.9 Å². The van der Waals surface area contributed by atoms with Crippen molar-refractivity contribution in [3.05, 3.63) is 39.1 Å². The summed E-state index contributed by atoms with van der Waals surface area (Å²) >= 11 is 11.4. The van der Waals surface area contributed by atoms with Gasteiger partial charge in [-0.2, -0.15) is 5.10 Å². The molecule has 0 unspecified atom stereocenters. The lowest BCUT2D eigenvalue weighted by molar-refractivity contribution is 0.720. The third-order valence-electron chi connectivity index (χ3n) is 2.84. The first-order valence-electron chi connectivity index (χ1n) is 5.91. The molecule has 2 aromatic rings. The molecule has 0 amide bonds. The van der Waals surface area contributed by atoms with Crippen molar-refractivity contribution in [2.45, 2.75) is 24.0 Å². The predicted molar refractivity (Wildman–Crippen MR) is 85.7 cm³/mol. The number of aromatic nitrogens is 2. The van der Waals surface area contributed by atoms with Crippen LogP contribution in [0.5, 0.6) is 0 Å². The first kappa shape index (κ1) is 14.8. The third-order valence-corrected chi connectivity index (χ3v) is 4.87. The van der Waals surface area contributed by atoms with Crippen LogP contribution in [-0.4, -0.2) is 9.78 Å². The van der Waals surface area contributed by atoms with E-state index in [0.717, 1.165) is 43.6 Å². The second-order valence-electron chi connectivity index (χ2n) is 4.16. The maximum Gasteiger partial charge on any atom is 0.0858 e. The van der Waals surface area contributed by atoms with E-state index in [1.54, 1.807) is 11.8 Å². The molecule has 0 atom stereocenters. The number of nitrogens with two attached hydrogens (primary N) is 1. The van der Waals surface area contributed by atoms with Crippen molar-refractivity contribution >= 4 is 45.0 Å². The lowest BCUT2D eigenvalue weighted by Gasteiger charge is -2.06. The molecule has 1 aromatic heterocycles. The zero-order valence-electron chi connectivity index (χ0n) is 10.8. The van der Waals surface area contributed by atoms with Gasteiger partial charge in [0.15, 0.2) is 0 Å². The lowest BCUT2D eigenvalue weighted by Crippen LogP contribution is -1.97. The number of rotatable bonds is 4. The van der Waals surface area contributed by atoms with Crippen LogP contribution in [0.3, 0.4) is 0 Å². The molecule has 0 radical (unpaired) electrons. The summed E-state index contributed by atoms with van der Waals surface area (Å²) in [7, 11) is 1.92. The van der Waals surface area contributed by atoms with Gasteiger partial charge in [0.2, 0.25) is 0 Å². The lowest BCUT2D eigenvalue weighted by atomic mass is 10.3. The fourth-order valence-corrected chi connectivity index (χ4v) is 3.61.